The molecule has 1 aliphatic heterocycles. The number of nitrogens with zero attached hydrogens (tertiary/aromatic N) is 3. The Kier molecular flexibility index (Phi) is 2.67. The summed E-state index contributed by atoms with van der Waals surface area (Å²) in [5.41, 5.74) is 6.36. The highest BCUT2D eigenvalue weighted by atomic mass is 15.2. The Morgan fingerprint density at radius 3 is 2.81 bits per heavy atom. The number of imidazole rings is 1. The largest absolute Gasteiger partial charge is 0.289 e. The van der Waals surface area contributed by atoms with Gasteiger partial charge in [-0.2, -0.15) is 0 Å². The molecule has 0 saturated carbocycles. The lowest BCUT2D eigenvalue weighted by molar-refractivity contribution is -0.657. The van der Waals surface area contributed by atoms with Gasteiger partial charge in [-0.15, -0.1) is 0 Å². The molecule has 0 unspecified atom stereocenters. The van der Waals surface area contributed by atoms with Crippen LogP contribution in [0.4, 0.5) is 0 Å². The molecule has 2 heterocycles. The highest BCUT2D eigenvalue weighted by molar-refractivity contribution is 5.95. The van der Waals surface area contributed by atoms with Crippen LogP contribution < -0.4 is 4.57 Å². The Balaban J connectivity index is 2.15. The zero-order chi connectivity index (χ0) is 14.4. The number of hydrogen-bond donors (Lipinski definition) is 0. The Morgan fingerprint density at radius 2 is 1.95 bits per heavy atom. The molecule has 0 atom stereocenters. The third-order valence-corrected chi connectivity index (χ3v) is 4.32. The van der Waals surface area contributed by atoms with Crippen molar-refractivity contribution in [2.24, 2.45) is 12.0 Å². The Morgan fingerprint density at radius 1 is 1.10 bits per heavy atom. The van der Waals surface area contributed by atoms with Crippen LogP contribution in [0.2, 0.25) is 0 Å². The van der Waals surface area contributed by atoms with Crippen LogP contribution in [0.15, 0.2) is 47.5 Å². The van der Waals surface area contributed by atoms with Crippen LogP contribution in [0.1, 0.15) is 11.1 Å². The van der Waals surface area contributed by atoms with Crippen molar-refractivity contribution < 1.29 is 4.57 Å². The first-order chi connectivity index (χ1) is 10.3. The van der Waals surface area contributed by atoms with E-state index in [2.05, 4.69) is 70.6 Å². The minimum atomic E-state index is 0.831. The summed E-state index contributed by atoms with van der Waals surface area (Å²) in [6, 6.07) is 15.0. The third-order valence-electron chi connectivity index (χ3n) is 4.32. The van der Waals surface area contributed by atoms with Crippen LogP contribution in [0.25, 0.3) is 22.4 Å². The lowest BCUT2D eigenvalue weighted by Gasteiger charge is -2.04. The standard InChI is InChI=1S/C18H18N3/c1-13-6-3-4-8-15(13)18-20(2)16-9-5-7-14-12-19-10-11-21(18)17(14)16/h3-9,12H,10-11H2,1-2H3/q+1. The minimum absolute atomic E-state index is 0.831. The SMILES string of the molecule is Cc1ccccc1-c1n(C)c2cccc3c2[n+]1CCN=C3. The first-order valence-corrected chi connectivity index (χ1v) is 7.34. The van der Waals surface area contributed by atoms with Gasteiger partial charge in [0.25, 0.3) is 5.82 Å². The summed E-state index contributed by atoms with van der Waals surface area (Å²) in [6.45, 7) is 3.93. The fourth-order valence-electron chi connectivity index (χ4n) is 3.31. The minimum Gasteiger partial charge on any atom is -0.288 e. The smallest absolute Gasteiger partial charge is 0.288 e. The van der Waals surface area contributed by atoms with Crippen molar-refractivity contribution in [3.8, 4) is 11.4 Å². The van der Waals surface area contributed by atoms with Gasteiger partial charge in [0.1, 0.15) is 6.54 Å². The van der Waals surface area contributed by atoms with Crippen LogP contribution in [0, 0.1) is 6.92 Å². The molecule has 1 aliphatic rings. The summed E-state index contributed by atoms with van der Waals surface area (Å²) >= 11 is 0. The number of para-hydroxylation sites is 1. The monoisotopic (exact) mass is 276 g/mol. The molecule has 0 spiro atoms. The summed E-state index contributed by atoms with van der Waals surface area (Å²) in [5.74, 6) is 1.26. The molecule has 0 saturated heterocycles. The van der Waals surface area contributed by atoms with Gasteiger partial charge in [0.05, 0.1) is 19.2 Å². The van der Waals surface area contributed by atoms with Gasteiger partial charge in [0.15, 0.2) is 11.0 Å². The van der Waals surface area contributed by atoms with Crippen molar-refractivity contribution in [1.29, 1.82) is 0 Å². The second kappa shape index (κ2) is 4.55. The van der Waals surface area contributed by atoms with E-state index in [9.17, 15) is 0 Å². The fraction of sp³-hybridized carbons (Fsp3) is 0.222. The van der Waals surface area contributed by atoms with E-state index in [0.29, 0.717) is 0 Å². The van der Waals surface area contributed by atoms with Crippen molar-refractivity contribution in [3.63, 3.8) is 0 Å². The maximum Gasteiger partial charge on any atom is 0.289 e. The summed E-state index contributed by atoms with van der Waals surface area (Å²) in [4.78, 5) is 4.51. The van der Waals surface area contributed by atoms with Crippen molar-refractivity contribution in [2.75, 3.05) is 6.54 Å². The Hall–Kier alpha value is -2.42. The van der Waals surface area contributed by atoms with Crippen LogP contribution in [0.3, 0.4) is 0 Å². The lowest BCUT2D eigenvalue weighted by Crippen LogP contribution is -2.37. The van der Waals surface area contributed by atoms with Gasteiger partial charge in [-0.3, -0.25) is 4.99 Å². The zero-order valence-electron chi connectivity index (χ0n) is 12.4. The Bertz CT molecular complexity index is 872. The van der Waals surface area contributed by atoms with Crippen molar-refractivity contribution >= 4 is 17.2 Å². The molecule has 0 aliphatic carbocycles. The predicted octanol–water partition coefficient (Wildman–Crippen LogP) is 2.87. The average Bonchev–Trinajstić information content (AvgIpc) is 2.66. The quantitative estimate of drug-likeness (QED) is 0.610. The topological polar surface area (TPSA) is 21.2 Å². The van der Waals surface area contributed by atoms with Crippen LogP contribution in [0.5, 0.6) is 0 Å². The lowest BCUT2D eigenvalue weighted by atomic mass is 10.1. The van der Waals surface area contributed by atoms with E-state index in [0.717, 1.165) is 13.1 Å². The fourth-order valence-corrected chi connectivity index (χ4v) is 3.31. The first kappa shape index (κ1) is 12.3. The summed E-state index contributed by atoms with van der Waals surface area (Å²) in [7, 11) is 2.16. The molecule has 1 aromatic heterocycles. The van der Waals surface area contributed by atoms with Crippen molar-refractivity contribution in [1.82, 2.24) is 4.57 Å². The van der Waals surface area contributed by atoms with E-state index in [-0.39, 0.29) is 0 Å². The number of hydrogen-bond acceptors (Lipinski definition) is 1. The predicted molar refractivity (Wildman–Crippen MR) is 85.7 cm³/mol. The van der Waals surface area contributed by atoms with Crippen LogP contribution >= 0.6 is 0 Å². The number of rotatable bonds is 1. The van der Waals surface area contributed by atoms with E-state index < -0.39 is 0 Å². The molecular formula is C18H18N3+. The highest BCUT2D eigenvalue weighted by Gasteiger charge is 2.27. The van der Waals surface area contributed by atoms with Gasteiger partial charge in [-0.1, -0.05) is 24.3 Å². The molecule has 21 heavy (non-hydrogen) atoms. The summed E-state index contributed by atoms with van der Waals surface area (Å²) in [5, 5.41) is 0. The molecular weight excluding hydrogens is 258 g/mol. The molecule has 104 valence electrons. The van der Waals surface area contributed by atoms with E-state index in [1.54, 1.807) is 0 Å². The van der Waals surface area contributed by atoms with Crippen LogP contribution in [-0.2, 0) is 13.6 Å². The number of benzene rings is 2. The molecule has 2 aromatic carbocycles. The average molecular weight is 276 g/mol. The van der Waals surface area contributed by atoms with Gasteiger partial charge < -0.3 is 0 Å². The second-order valence-electron chi connectivity index (χ2n) is 5.60. The first-order valence-electron chi connectivity index (χ1n) is 7.34. The normalized spacial score (nSPS) is 13.6. The number of aryl methyl sites for hydroxylation is 2. The van der Waals surface area contributed by atoms with Crippen molar-refractivity contribution in [3.05, 3.63) is 53.6 Å². The number of aromatic nitrogens is 2. The summed E-state index contributed by atoms with van der Waals surface area (Å²) < 4.78 is 4.72. The van der Waals surface area contributed by atoms with Gasteiger partial charge >= 0.3 is 0 Å². The third kappa shape index (κ3) is 1.74. The molecule has 0 radical (unpaired) electrons. The maximum absolute atomic E-state index is 4.51. The molecule has 0 N–H and O–H groups in total. The number of aliphatic imine (C=N–C) groups is 1. The maximum atomic E-state index is 4.51. The van der Waals surface area contributed by atoms with Crippen LogP contribution in [-0.4, -0.2) is 17.3 Å². The van der Waals surface area contributed by atoms with E-state index in [4.69, 9.17) is 0 Å². The second-order valence-corrected chi connectivity index (χ2v) is 5.60. The molecule has 0 amide bonds. The molecule has 3 nitrogen and oxygen atoms in total. The van der Waals surface area contributed by atoms with Gasteiger partial charge in [-0.25, -0.2) is 9.13 Å². The molecule has 0 bridgehead atoms. The van der Waals surface area contributed by atoms with Gasteiger partial charge in [0, 0.05) is 11.8 Å². The van der Waals surface area contributed by atoms with E-state index in [1.807, 2.05) is 6.21 Å². The van der Waals surface area contributed by atoms with E-state index in [1.165, 1.54) is 33.5 Å². The zero-order valence-corrected chi connectivity index (χ0v) is 12.4. The molecule has 3 heteroatoms. The van der Waals surface area contributed by atoms with Gasteiger partial charge in [0.2, 0.25) is 0 Å². The molecule has 0 fully saturated rings. The molecule has 4 rings (SSSR count). The highest BCUT2D eigenvalue weighted by Crippen LogP contribution is 2.26. The summed E-state index contributed by atoms with van der Waals surface area (Å²) in [6.07, 6.45) is 2.01. The van der Waals surface area contributed by atoms with E-state index >= 15 is 0 Å². The molecule has 3 aromatic rings. The van der Waals surface area contributed by atoms with Crippen molar-refractivity contribution in [2.45, 2.75) is 13.5 Å². The Labute approximate surface area is 124 Å². The van der Waals surface area contributed by atoms with Gasteiger partial charge in [-0.05, 0) is 30.7 Å².